The van der Waals surface area contributed by atoms with Gasteiger partial charge < -0.3 is 19.8 Å². The van der Waals surface area contributed by atoms with Gasteiger partial charge in [-0.25, -0.2) is 0 Å². The minimum atomic E-state index is -2.44. The first-order valence-electron chi connectivity index (χ1n) is 12.5. The molecule has 0 bridgehead atoms. The summed E-state index contributed by atoms with van der Waals surface area (Å²) in [5, 5.41) is 14.2. The molecule has 4 nitrogen and oxygen atoms in total. The molecule has 0 aliphatic carbocycles. The van der Waals surface area contributed by atoms with Gasteiger partial charge in [-0.05, 0) is 58.6 Å². The van der Waals surface area contributed by atoms with Gasteiger partial charge in [-0.3, -0.25) is 0 Å². The van der Waals surface area contributed by atoms with Crippen molar-refractivity contribution in [3.63, 3.8) is 0 Å². The molecule has 38 heavy (non-hydrogen) atoms. The maximum Gasteiger partial charge on any atom is 0.135 e. The van der Waals surface area contributed by atoms with E-state index in [2.05, 4.69) is 22.8 Å². The normalized spacial score (nSPS) is 16.5. The third kappa shape index (κ3) is 3.85. The monoisotopic (exact) mass is 530 g/mol. The second kappa shape index (κ2) is 9.33. The maximum absolute atomic E-state index is 14.4. The van der Waals surface area contributed by atoms with Gasteiger partial charge in [-0.15, -0.1) is 0 Å². The Morgan fingerprint density at radius 1 is 0.421 bits per heavy atom. The maximum atomic E-state index is 14.4. The fraction of sp³-hybridized carbons (Fsp3) is 0. The van der Waals surface area contributed by atoms with Crippen molar-refractivity contribution in [3.05, 3.63) is 121 Å². The molecule has 0 saturated heterocycles. The van der Waals surface area contributed by atoms with Gasteiger partial charge in [0.15, 0.2) is 0 Å². The van der Waals surface area contributed by atoms with Gasteiger partial charge in [0.25, 0.3) is 0 Å². The lowest BCUT2D eigenvalue weighted by molar-refractivity contribution is 0.597. The largest absolute Gasteiger partial charge is 0.354 e. The first kappa shape index (κ1) is 23.0. The molecule has 6 aromatic carbocycles. The van der Waals surface area contributed by atoms with E-state index in [9.17, 15) is 9.13 Å². The van der Waals surface area contributed by atoms with E-state index in [0.29, 0.717) is 0 Å². The Hall–Kier alpha value is -4.10. The van der Waals surface area contributed by atoms with Gasteiger partial charge in [-0.1, -0.05) is 78.9 Å². The summed E-state index contributed by atoms with van der Waals surface area (Å²) >= 11 is 0. The van der Waals surface area contributed by atoms with Crippen LogP contribution in [0.1, 0.15) is 0 Å². The van der Waals surface area contributed by atoms with Gasteiger partial charge in [0.1, 0.15) is 15.6 Å². The smallest absolute Gasteiger partial charge is 0.135 e. The van der Waals surface area contributed by atoms with Crippen LogP contribution in [-0.2, 0) is 9.13 Å². The highest BCUT2D eigenvalue weighted by Gasteiger charge is 2.23. The second-order valence-electron chi connectivity index (χ2n) is 9.45. The molecular weight excluding hydrogens is 506 g/mol. The van der Waals surface area contributed by atoms with E-state index in [-0.39, 0.29) is 0 Å². The number of hydrogen-bond donors (Lipinski definition) is 2. The van der Waals surface area contributed by atoms with E-state index in [1.165, 1.54) is 0 Å². The zero-order valence-corrected chi connectivity index (χ0v) is 22.4. The predicted octanol–water partition coefficient (Wildman–Crippen LogP) is 6.81. The fourth-order valence-electron chi connectivity index (χ4n) is 5.28. The van der Waals surface area contributed by atoms with Crippen molar-refractivity contribution in [2.75, 3.05) is 10.6 Å². The lowest BCUT2D eigenvalue weighted by atomic mass is 10.1. The summed E-state index contributed by atoms with van der Waals surface area (Å²) in [6.07, 6.45) is 0. The Bertz CT molecular complexity index is 1930. The first-order chi connectivity index (χ1) is 18.7. The van der Waals surface area contributed by atoms with Crippen molar-refractivity contribution in [3.8, 4) is 0 Å². The van der Waals surface area contributed by atoms with Crippen molar-refractivity contribution >= 4 is 81.1 Å². The third-order valence-corrected chi connectivity index (χ3v) is 10.8. The van der Waals surface area contributed by atoms with Crippen LogP contribution in [0.4, 0.5) is 22.7 Å². The molecule has 2 N–H and O–H groups in total. The molecule has 1 aliphatic heterocycles. The minimum Gasteiger partial charge on any atom is -0.354 e. The molecule has 0 spiro atoms. The van der Waals surface area contributed by atoms with E-state index in [0.717, 1.165) is 65.5 Å². The van der Waals surface area contributed by atoms with Gasteiger partial charge in [0, 0.05) is 43.7 Å². The molecule has 1 aliphatic rings. The summed E-state index contributed by atoms with van der Waals surface area (Å²) in [7, 11) is -4.86. The Morgan fingerprint density at radius 3 is 1.71 bits per heavy atom. The van der Waals surface area contributed by atoms with Crippen molar-refractivity contribution in [2.45, 2.75) is 0 Å². The molecule has 184 valence electrons. The zero-order chi connectivity index (χ0) is 25.6. The molecule has 7 rings (SSSR count). The highest BCUT2D eigenvalue weighted by molar-refractivity contribution is 7.62. The summed E-state index contributed by atoms with van der Waals surface area (Å²) < 4.78 is 28.7. The summed E-state index contributed by atoms with van der Waals surface area (Å²) in [6.45, 7) is 0. The number of nitrogens with one attached hydrogen (secondary N) is 2. The number of hydrogen-bond acceptors (Lipinski definition) is 4. The fourth-order valence-corrected chi connectivity index (χ4v) is 8.46. The Balaban J connectivity index is 1.55. The first-order valence-corrected chi connectivity index (χ1v) is 15.3. The van der Waals surface area contributed by atoms with Crippen LogP contribution in [0.2, 0.25) is 0 Å². The van der Waals surface area contributed by atoms with Crippen molar-refractivity contribution in [1.82, 2.24) is 0 Å². The van der Waals surface area contributed by atoms with Crippen LogP contribution in [0.25, 0.3) is 21.5 Å². The molecule has 0 amide bonds. The van der Waals surface area contributed by atoms with Crippen LogP contribution >= 0.6 is 15.6 Å². The van der Waals surface area contributed by atoms with Crippen LogP contribution in [-0.4, -0.2) is 0 Å². The summed E-state index contributed by atoms with van der Waals surface area (Å²) in [4.78, 5) is 0. The van der Waals surface area contributed by atoms with Gasteiger partial charge >= 0.3 is 0 Å². The molecular formula is C32H24N2O2P2. The average Bonchev–Trinajstić information content (AvgIpc) is 2.96. The molecule has 0 aromatic heterocycles. The number of fused-ring (bicyclic) bond motifs is 7. The lowest BCUT2D eigenvalue weighted by Crippen LogP contribution is -2.20. The van der Waals surface area contributed by atoms with Gasteiger partial charge in [0.2, 0.25) is 0 Å². The molecule has 0 saturated carbocycles. The van der Waals surface area contributed by atoms with Crippen molar-refractivity contribution < 1.29 is 9.13 Å². The summed E-state index contributed by atoms with van der Waals surface area (Å²) in [6, 6.07) is 39.7. The molecule has 2 atom stereocenters. The van der Waals surface area contributed by atoms with Crippen LogP contribution in [0, 0.1) is 0 Å². The SMILES string of the molecule is O=[PH]1c2cc3ccccc3cc2Nc2ccccc2[PH](=O)c2ccc3ccccc3c2Nc2ccccc21. The van der Waals surface area contributed by atoms with E-state index in [1.807, 2.05) is 109 Å². The Morgan fingerprint density at radius 2 is 0.974 bits per heavy atom. The topological polar surface area (TPSA) is 58.2 Å². The third-order valence-electron chi connectivity index (χ3n) is 7.18. The zero-order valence-electron chi connectivity index (χ0n) is 20.4. The predicted molar refractivity (Wildman–Crippen MR) is 164 cm³/mol. The van der Waals surface area contributed by atoms with E-state index < -0.39 is 15.6 Å². The number of rotatable bonds is 0. The highest BCUT2D eigenvalue weighted by atomic mass is 31.1. The van der Waals surface area contributed by atoms with Crippen molar-refractivity contribution in [1.29, 1.82) is 0 Å². The second-order valence-corrected chi connectivity index (χ2v) is 12.9. The van der Waals surface area contributed by atoms with Gasteiger partial charge in [0.05, 0.1) is 5.69 Å². The van der Waals surface area contributed by atoms with E-state index in [4.69, 9.17) is 0 Å². The van der Waals surface area contributed by atoms with Gasteiger partial charge in [-0.2, -0.15) is 0 Å². The molecule has 0 radical (unpaired) electrons. The Labute approximate surface area is 221 Å². The van der Waals surface area contributed by atoms with Crippen LogP contribution in [0.15, 0.2) is 121 Å². The van der Waals surface area contributed by atoms with Crippen LogP contribution in [0.5, 0.6) is 0 Å². The molecule has 1 heterocycles. The molecule has 2 unspecified atom stereocenters. The van der Waals surface area contributed by atoms with E-state index >= 15 is 0 Å². The minimum absolute atomic E-state index is 0.739. The standard InChI is InChI=1S/C32H24N2O2P2/c35-37-28-15-7-5-13-25(28)33-27-19-22-10-1-2-11-23(22)20-31(27)38(36)29-16-8-6-14-26(29)34-32-24-12-4-3-9-21(24)17-18-30(32)37/h1-20,33-34,37-38H. The lowest BCUT2D eigenvalue weighted by Gasteiger charge is -2.22. The van der Waals surface area contributed by atoms with E-state index in [1.54, 1.807) is 0 Å². The van der Waals surface area contributed by atoms with Crippen molar-refractivity contribution in [2.24, 2.45) is 0 Å². The van der Waals surface area contributed by atoms with Crippen LogP contribution < -0.4 is 31.9 Å². The number of benzene rings is 6. The summed E-state index contributed by atoms with van der Waals surface area (Å²) in [5.74, 6) is 0. The quantitative estimate of drug-likeness (QED) is 0.212. The number of para-hydroxylation sites is 2. The average molecular weight is 531 g/mol. The number of anilines is 4. The molecule has 0 fully saturated rings. The highest BCUT2D eigenvalue weighted by Crippen LogP contribution is 2.38. The Kier molecular flexibility index (Phi) is 5.66. The van der Waals surface area contributed by atoms with Crippen LogP contribution in [0.3, 0.4) is 0 Å². The summed E-state index contributed by atoms with van der Waals surface area (Å²) in [5.41, 5.74) is 3.08. The molecule has 6 heteroatoms. The molecule has 6 aromatic rings.